The van der Waals surface area contributed by atoms with E-state index in [2.05, 4.69) is 23.5 Å². The number of carbonyl (C=O) groups is 1. The predicted molar refractivity (Wildman–Crippen MR) is 162 cm³/mol. The summed E-state index contributed by atoms with van der Waals surface area (Å²) in [4.78, 5) is 22.5. The van der Waals surface area contributed by atoms with Gasteiger partial charge in [-0.25, -0.2) is 13.4 Å². The number of sulfonamides is 1. The molecule has 0 saturated heterocycles. The molecule has 8 nitrogen and oxygen atoms in total. The van der Waals surface area contributed by atoms with Crippen LogP contribution in [0.25, 0.3) is 10.2 Å². The number of aromatic nitrogens is 1. The molecule has 4 rings (SSSR count). The zero-order chi connectivity index (χ0) is 27.3. The van der Waals surface area contributed by atoms with Gasteiger partial charge >= 0.3 is 0 Å². The van der Waals surface area contributed by atoms with Crippen molar-refractivity contribution in [3.63, 3.8) is 0 Å². The number of methoxy groups -OCH3 is 1. The van der Waals surface area contributed by atoms with Crippen molar-refractivity contribution >= 4 is 72.3 Å². The Balaban J connectivity index is 0.00000420. The molecule has 0 fully saturated rings. The number of likely N-dealkylation sites (N-methyl/N-ethyl adjacent to an activating group) is 1. The van der Waals surface area contributed by atoms with Gasteiger partial charge in [0.25, 0.3) is 15.9 Å². The Labute approximate surface area is 244 Å². The second kappa shape index (κ2) is 13.5. The van der Waals surface area contributed by atoms with E-state index in [4.69, 9.17) is 21.3 Å². The molecule has 0 radical (unpaired) electrons. The van der Waals surface area contributed by atoms with Crippen LogP contribution in [0.5, 0.6) is 5.75 Å². The third-order valence-corrected chi connectivity index (χ3v) is 9.05. The van der Waals surface area contributed by atoms with E-state index in [1.807, 2.05) is 0 Å². The van der Waals surface area contributed by atoms with Crippen LogP contribution in [0.1, 0.15) is 24.2 Å². The number of hydrogen-bond donors (Lipinski definition) is 1. The van der Waals surface area contributed by atoms with E-state index in [0.717, 1.165) is 17.8 Å². The van der Waals surface area contributed by atoms with Gasteiger partial charge in [-0.15, -0.1) is 12.4 Å². The number of nitrogens with zero attached hydrogens (tertiary/aromatic N) is 3. The minimum absolute atomic E-state index is 0. The number of carbonyl (C=O) groups excluding carboxylic acids is 1. The minimum atomic E-state index is -3.74. The molecule has 0 atom stereocenters. The third-order valence-electron chi connectivity index (χ3n) is 6.12. The number of fused-ring (bicyclic) bond motifs is 1. The molecule has 0 saturated carbocycles. The number of nitrogens with one attached hydrogen (secondary N) is 1. The molecular formula is C27H30Cl2N4O4S2. The highest BCUT2D eigenvalue weighted by atomic mass is 35.5. The van der Waals surface area contributed by atoms with Crippen LogP contribution in [0.3, 0.4) is 0 Å². The number of halogens is 2. The van der Waals surface area contributed by atoms with Gasteiger partial charge in [0, 0.05) is 24.3 Å². The van der Waals surface area contributed by atoms with E-state index in [9.17, 15) is 13.2 Å². The van der Waals surface area contributed by atoms with Crippen LogP contribution in [0.15, 0.2) is 71.6 Å². The maximum absolute atomic E-state index is 13.7. The molecule has 0 spiro atoms. The lowest BCUT2D eigenvalue weighted by molar-refractivity contribution is 0.0984. The van der Waals surface area contributed by atoms with Gasteiger partial charge < -0.3 is 9.64 Å². The molecule has 1 N–H and O–H groups in total. The first-order chi connectivity index (χ1) is 18.3. The van der Waals surface area contributed by atoms with Gasteiger partial charge in [-0.3, -0.25) is 14.4 Å². The van der Waals surface area contributed by atoms with Crippen LogP contribution >= 0.6 is 35.3 Å². The SMILES string of the molecule is CCN(CC)CCN(C(=O)c1ccc(NS(=O)(=O)c2ccccc2)cc1)c1nc2c(OC)ccc(Cl)c2s1.Cl. The number of amides is 1. The quantitative estimate of drug-likeness (QED) is 0.219. The second-order valence-electron chi connectivity index (χ2n) is 8.40. The van der Waals surface area contributed by atoms with Crippen LogP contribution < -0.4 is 14.4 Å². The zero-order valence-corrected chi connectivity index (χ0v) is 25.0. The Bertz CT molecular complexity index is 1510. The summed E-state index contributed by atoms with van der Waals surface area (Å²) >= 11 is 7.77. The molecule has 1 aromatic heterocycles. The van der Waals surface area contributed by atoms with Crippen molar-refractivity contribution in [2.75, 3.05) is 42.9 Å². The summed E-state index contributed by atoms with van der Waals surface area (Å²) in [5.41, 5.74) is 1.37. The summed E-state index contributed by atoms with van der Waals surface area (Å²) in [6, 6.07) is 18.0. The van der Waals surface area contributed by atoms with E-state index in [1.165, 1.54) is 23.5 Å². The Kier molecular flexibility index (Phi) is 10.6. The lowest BCUT2D eigenvalue weighted by atomic mass is 10.2. The number of rotatable bonds is 11. The third kappa shape index (κ3) is 7.01. The topological polar surface area (TPSA) is 91.8 Å². The number of ether oxygens (including phenoxy) is 1. The molecule has 12 heteroatoms. The smallest absolute Gasteiger partial charge is 0.261 e. The van der Waals surface area contributed by atoms with Gasteiger partial charge in [-0.05, 0) is 61.6 Å². The molecule has 0 aliphatic carbocycles. The van der Waals surface area contributed by atoms with Crippen LogP contribution in [0.2, 0.25) is 5.02 Å². The van der Waals surface area contributed by atoms with E-state index >= 15 is 0 Å². The molecule has 0 bridgehead atoms. The van der Waals surface area contributed by atoms with E-state index in [0.29, 0.717) is 45.8 Å². The largest absolute Gasteiger partial charge is 0.494 e. The highest BCUT2D eigenvalue weighted by molar-refractivity contribution is 7.92. The fourth-order valence-electron chi connectivity index (χ4n) is 3.94. The molecule has 0 aliphatic heterocycles. The molecule has 0 unspecified atom stereocenters. The normalized spacial score (nSPS) is 11.3. The summed E-state index contributed by atoms with van der Waals surface area (Å²) < 4.78 is 34.1. The lowest BCUT2D eigenvalue weighted by Crippen LogP contribution is -2.38. The van der Waals surface area contributed by atoms with Gasteiger partial charge in [-0.1, -0.05) is 55.0 Å². The van der Waals surface area contributed by atoms with Crippen LogP contribution in [-0.4, -0.2) is 57.5 Å². The average Bonchev–Trinajstić information content (AvgIpc) is 3.38. The molecular weight excluding hydrogens is 579 g/mol. The first kappa shape index (κ1) is 30.6. The van der Waals surface area contributed by atoms with Crippen molar-refractivity contribution in [3.05, 3.63) is 77.3 Å². The lowest BCUT2D eigenvalue weighted by Gasteiger charge is -2.24. The maximum Gasteiger partial charge on any atom is 0.261 e. The van der Waals surface area contributed by atoms with Gasteiger partial charge in [0.2, 0.25) is 0 Å². The van der Waals surface area contributed by atoms with Crippen molar-refractivity contribution in [1.29, 1.82) is 0 Å². The van der Waals surface area contributed by atoms with Crippen molar-refractivity contribution in [2.45, 2.75) is 18.7 Å². The average molecular weight is 610 g/mol. The Morgan fingerprint density at radius 1 is 1.00 bits per heavy atom. The van der Waals surface area contributed by atoms with Crippen LogP contribution in [0.4, 0.5) is 10.8 Å². The molecule has 1 heterocycles. The highest BCUT2D eigenvalue weighted by Crippen LogP contribution is 2.39. The van der Waals surface area contributed by atoms with Gasteiger partial charge in [0.1, 0.15) is 11.3 Å². The van der Waals surface area contributed by atoms with Gasteiger partial charge in [0.15, 0.2) is 5.13 Å². The standard InChI is InChI=1S/C27H29ClN4O4S2.ClH/c1-4-31(5-2)17-18-32(27-29-24-23(36-3)16-15-22(28)25(24)37-27)26(33)19-11-13-20(14-12-19)30-38(34,35)21-9-7-6-8-10-21;/h6-16,30H,4-5,17-18H2,1-3H3;1H. The minimum Gasteiger partial charge on any atom is -0.494 e. The molecule has 0 aliphatic rings. The number of thiazole rings is 1. The number of benzene rings is 3. The Morgan fingerprint density at radius 3 is 2.28 bits per heavy atom. The monoisotopic (exact) mass is 608 g/mol. The molecule has 39 heavy (non-hydrogen) atoms. The van der Waals surface area contributed by atoms with Crippen molar-refractivity contribution in [3.8, 4) is 5.75 Å². The summed E-state index contributed by atoms with van der Waals surface area (Å²) in [6.07, 6.45) is 0. The fourth-order valence-corrected chi connectivity index (χ4v) is 6.30. The summed E-state index contributed by atoms with van der Waals surface area (Å²) in [5, 5.41) is 1.05. The molecule has 3 aromatic carbocycles. The first-order valence-corrected chi connectivity index (χ1v) is 14.8. The van der Waals surface area contributed by atoms with Gasteiger partial charge in [0.05, 0.1) is 21.7 Å². The summed E-state index contributed by atoms with van der Waals surface area (Å²) in [6.45, 7) is 6.94. The van der Waals surface area contributed by atoms with Gasteiger partial charge in [-0.2, -0.15) is 0 Å². The first-order valence-electron chi connectivity index (χ1n) is 12.1. The van der Waals surface area contributed by atoms with Crippen LogP contribution in [-0.2, 0) is 10.0 Å². The van der Waals surface area contributed by atoms with E-state index < -0.39 is 10.0 Å². The van der Waals surface area contributed by atoms with E-state index in [-0.39, 0.29) is 23.2 Å². The highest BCUT2D eigenvalue weighted by Gasteiger charge is 2.24. The summed E-state index contributed by atoms with van der Waals surface area (Å²) in [7, 11) is -2.17. The van der Waals surface area contributed by atoms with Crippen LogP contribution in [0, 0.1) is 0 Å². The maximum atomic E-state index is 13.7. The van der Waals surface area contributed by atoms with Crippen molar-refractivity contribution in [1.82, 2.24) is 9.88 Å². The number of hydrogen-bond acceptors (Lipinski definition) is 7. The summed E-state index contributed by atoms with van der Waals surface area (Å²) in [5.74, 6) is 0.335. The zero-order valence-electron chi connectivity index (χ0n) is 21.8. The molecule has 208 valence electrons. The Morgan fingerprint density at radius 2 is 1.67 bits per heavy atom. The Hall–Kier alpha value is -2.89. The van der Waals surface area contributed by atoms with Crippen molar-refractivity contribution < 1.29 is 17.9 Å². The van der Waals surface area contributed by atoms with E-state index in [1.54, 1.807) is 66.6 Å². The molecule has 4 aromatic rings. The number of anilines is 2. The fraction of sp³-hybridized carbons (Fsp3) is 0.259. The predicted octanol–water partition coefficient (Wildman–Crippen LogP) is 6.17. The molecule has 1 amide bonds. The van der Waals surface area contributed by atoms with Crippen molar-refractivity contribution in [2.24, 2.45) is 0 Å². The second-order valence-corrected chi connectivity index (χ2v) is 11.5.